The number of hydrogen-bond acceptors (Lipinski definition) is 3. The van der Waals surface area contributed by atoms with Crippen molar-refractivity contribution >= 4 is 22.6 Å². The number of rotatable bonds is 2. The molecule has 0 saturated carbocycles. The predicted octanol–water partition coefficient (Wildman–Crippen LogP) is 3.87. The summed E-state index contributed by atoms with van der Waals surface area (Å²) in [6.07, 6.45) is 0. The Morgan fingerprint density at radius 1 is 1.19 bits per heavy atom. The Hall–Kier alpha value is -3.06. The molecule has 0 saturated heterocycles. The van der Waals surface area contributed by atoms with E-state index in [1.54, 1.807) is 24.3 Å². The van der Waals surface area contributed by atoms with Gasteiger partial charge in [0.25, 0.3) is 5.91 Å². The summed E-state index contributed by atoms with van der Waals surface area (Å²) >= 11 is 0. The number of carbonyl (C=O) groups excluding carboxylic acids is 1. The van der Waals surface area contributed by atoms with Crippen molar-refractivity contribution in [3.63, 3.8) is 0 Å². The van der Waals surface area contributed by atoms with Gasteiger partial charge in [-0.1, -0.05) is 24.3 Å². The van der Waals surface area contributed by atoms with Crippen molar-refractivity contribution in [2.75, 3.05) is 5.32 Å². The summed E-state index contributed by atoms with van der Waals surface area (Å²) in [4.78, 5) is 12.2. The number of aryl methyl sites for hydroxylation is 1. The largest absolute Gasteiger partial charge is 0.451 e. The molecule has 0 aliphatic heterocycles. The lowest BCUT2D eigenvalue weighted by Crippen LogP contribution is -2.11. The zero-order valence-electron chi connectivity index (χ0n) is 11.4. The van der Waals surface area contributed by atoms with Crippen molar-refractivity contribution in [3.05, 3.63) is 65.4 Å². The maximum absolute atomic E-state index is 12.2. The standard InChI is InChI=1S/C17H12N2O2/c1-11-6-7-12(10-18)8-14(11)19-17(20)16-9-13-4-2-3-5-15(13)21-16/h2-9H,1H3,(H,19,20). The van der Waals surface area contributed by atoms with Crippen molar-refractivity contribution in [2.45, 2.75) is 6.92 Å². The average molecular weight is 276 g/mol. The molecular formula is C17H12N2O2. The van der Waals surface area contributed by atoms with Gasteiger partial charge in [-0.05, 0) is 36.8 Å². The Morgan fingerprint density at radius 3 is 2.76 bits per heavy atom. The quantitative estimate of drug-likeness (QED) is 0.772. The summed E-state index contributed by atoms with van der Waals surface area (Å²) in [5.41, 5.74) is 2.67. The van der Waals surface area contributed by atoms with E-state index in [9.17, 15) is 4.79 Å². The molecule has 3 rings (SSSR count). The molecule has 0 fully saturated rings. The number of nitrogens with one attached hydrogen (secondary N) is 1. The molecule has 0 aliphatic rings. The van der Waals surface area contributed by atoms with E-state index < -0.39 is 0 Å². The molecule has 1 heterocycles. The Morgan fingerprint density at radius 2 is 2.00 bits per heavy atom. The molecule has 1 N–H and O–H groups in total. The number of nitrogens with zero attached hydrogens (tertiary/aromatic N) is 1. The highest BCUT2D eigenvalue weighted by Gasteiger charge is 2.13. The number of benzene rings is 2. The molecule has 0 unspecified atom stereocenters. The SMILES string of the molecule is Cc1ccc(C#N)cc1NC(=O)c1cc2ccccc2o1. The molecule has 4 heteroatoms. The van der Waals surface area contributed by atoms with E-state index in [1.165, 1.54) is 0 Å². The fourth-order valence-electron chi connectivity index (χ4n) is 2.10. The minimum atomic E-state index is -0.329. The van der Waals surface area contributed by atoms with Crippen LogP contribution in [-0.2, 0) is 0 Å². The number of amides is 1. The number of nitriles is 1. The second-order valence-corrected chi connectivity index (χ2v) is 4.74. The van der Waals surface area contributed by atoms with Crippen LogP contribution in [0.5, 0.6) is 0 Å². The fourth-order valence-corrected chi connectivity index (χ4v) is 2.10. The Bertz CT molecular complexity index is 839. The van der Waals surface area contributed by atoms with Gasteiger partial charge in [-0.15, -0.1) is 0 Å². The summed E-state index contributed by atoms with van der Waals surface area (Å²) in [6.45, 7) is 1.87. The van der Waals surface area contributed by atoms with Crippen molar-refractivity contribution in [1.82, 2.24) is 0 Å². The molecule has 3 aromatic rings. The summed E-state index contributed by atoms with van der Waals surface area (Å²) in [5.74, 6) is -0.0812. The molecule has 0 aliphatic carbocycles. The molecule has 1 amide bonds. The monoisotopic (exact) mass is 276 g/mol. The van der Waals surface area contributed by atoms with Gasteiger partial charge in [0.15, 0.2) is 5.76 Å². The van der Waals surface area contributed by atoms with E-state index in [2.05, 4.69) is 11.4 Å². The molecule has 4 nitrogen and oxygen atoms in total. The predicted molar refractivity (Wildman–Crippen MR) is 80.1 cm³/mol. The molecule has 0 radical (unpaired) electrons. The normalized spacial score (nSPS) is 10.3. The van der Waals surface area contributed by atoms with E-state index in [0.717, 1.165) is 10.9 Å². The third-order valence-electron chi connectivity index (χ3n) is 3.26. The van der Waals surface area contributed by atoms with Crippen LogP contribution in [0.4, 0.5) is 5.69 Å². The van der Waals surface area contributed by atoms with E-state index >= 15 is 0 Å². The van der Waals surface area contributed by atoms with Crippen molar-refractivity contribution in [1.29, 1.82) is 5.26 Å². The first-order valence-electron chi connectivity index (χ1n) is 6.48. The highest BCUT2D eigenvalue weighted by molar-refractivity contribution is 6.05. The van der Waals surface area contributed by atoms with Crippen LogP contribution in [0.3, 0.4) is 0 Å². The zero-order valence-corrected chi connectivity index (χ0v) is 11.4. The summed E-state index contributed by atoms with van der Waals surface area (Å²) in [5, 5.41) is 12.6. The number of hydrogen-bond donors (Lipinski definition) is 1. The first kappa shape index (κ1) is 12.9. The van der Waals surface area contributed by atoms with Gasteiger partial charge in [0.2, 0.25) is 0 Å². The maximum atomic E-state index is 12.2. The molecule has 0 atom stereocenters. The maximum Gasteiger partial charge on any atom is 0.291 e. The van der Waals surface area contributed by atoms with Crippen LogP contribution in [0.25, 0.3) is 11.0 Å². The number of furan rings is 1. The zero-order chi connectivity index (χ0) is 14.8. The molecule has 2 aromatic carbocycles. The lowest BCUT2D eigenvalue weighted by molar-refractivity contribution is 0.0998. The van der Waals surface area contributed by atoms with E-state index in [4.69, 9.17) is 9.68 Å². The second kappa shape index (κ2) is 5.14. The van der Waals surface area contributed by atoms with Crippen molar-refractivity contribution in [3.8, 4) is 6.07 Å². The summed E-state index contributed by atoms with van der Waals surface area (Å²) in [7, 11) is 0. The van der Waals surface area contributed by atoms with Gasteiger partial charge in [0.05, 0.1) is 11.6 Å². The van der Waals surface area contributed by atoms with E-state index in [-0.39, 0.29) is 11.7 Å². The highest BCUT2D eigenvalue weighted by Crippen LogP contribution is 2.21. The summed E-state index contributed by atoms with van der Waals surface area (Å²) in [6, 6.07) is 16.4. The number of carbonyl (C=O) groups is 1. The molecule has 102 valence electrons. The van der Waals surface area contributed by atoms with E-state index in [0.29, 0.717) is 16.8 Å². The van der Waals surface area contributed by atoms with Crippen LogP contribution in [0, 0.1) is 18.3 Å². The first-order chi connectivity index (χ1) is 10.2. The van der Waals surface area contributed by atoms with Gasteiger partial charge in [-0.25, -0.2) is 0 Å². The van der Waals surface area contributed by atoms with Crippen molar-refractivity contribution in [2.24, 2.45) is 0 Å². The van der Waals surface area contributed by atoms with Crippen LogP contribution in [-0.4, -0.2) is 5.91 Å². The van der Waals surface area contributed by atoms with Gasteiger partial charge in [0, 0.05) is 11.1 Å². The van der Waals surface area contributed by atoms with Crippen LogP contribution >= 0.6 is 0 Å². The lowest BCUT2D eigenvalue weighted by Gasteiger charge is -2.07. The van der Waals surface area contributed by atoms with Crippen molar-refractivity contribution < 1.29 is 9.21 Å². The molecule has 0 bridgehead atoms. The van der Waals surface area contributed by atoms with Gasteiger partial charge in [0.1, 0.15) is 5.58 Å². The smallest absolute Gasteiger partial charge is 0.291 e. The Labute approximate surface area is 121 Å². The lowest BCUT2D eigenvalue weighted by atomic mass is 10.1. The minimum Gasteiger partial charge on any atom is -0.451 e. The fraction of sp³-hybridized carbons (Fsp3) is 0.0588. The second-order valence-electron chi connectivity index (χ2n) is 4.74. The highest BCUT2D eigenvalue weighted by atomic mass is 16.3. The van der Waals surface area contributed by atoms with Crippen LogP contribution in [0.1, 0.15) is 21.7 Å². The van der Waals surface area contributed by atoms with Gasteiger partial charge >= 0.3 is 0 Å². The molecule has 1 aromatic heterocycles. The van der Waals surface area contributed by atoms with Crippen LogP contribution < -0.4 is 5.32 Å². The molecular weight excluding hydrogens is 264 g/mol. The van der Waals surface area contributed by atoms with Gasteiger partial charge < -0.3 is 9.73 Å². The number of anilines is 1. The Balaban J connectivity index is 1.91. The molecule has 21 heavy (non-hydrogen) atoms. The third kappa shape index (κ3) is 2.49. The van der Waals surface area contributed by atoms with Gasteiger partial charge in [-0.3, -0.25) is 4.79 Å². The average Bonchev–Trinajstić information content (AvgIpc) is 2.93. The number of para-hydroxylation sites is 1. The van der Waals surface area contributed by atoms with Gasteiger partial charge in [-0.2, -0.15) is 5.26 Å². The number of fused-ring (bicyclic) bond motifs is 1. The first-order valence-corrected chi connectivity index (χ1v) is 6.48. The van der Waals surface area contributed by atoms with Crippen LogP contribution in [0.2, 0.25) is 0 Å². The minimum absolute atomic E-state index is 0.248. The third-order valence-corrected chi connectivity index (χ3v) is 3.26. The topological polar surface area (TPSA) is 66.0 Å². The summed E-state index contributed by atoms with van der Waals surface area (Å²) < 4.78 is 5.52. The Kier molecular flexibility index (Phi) is 3.17. The molecule has 0 spiro atoms. The van der Waals surface area contributed by atoms with E-state index in [1.807, 2.05) is 31.2 Å². The van der Waals surface area contributed by atoms with Crippen LogP contribution in [0.15, 0.2) is 52.9 Å².